The predicted molar refractivity (Wildman–Crippen MR) is 78.5 cm³/mol. The number of nitrogen functional groups attached to an aromatic ring is 1. The molecular weight excluding hydrogens is 252 g/mol. The van der Waals surface area contributed by atoms with Gasteiger partial charge in [0.15, 0.2) is 0 Å². The minimum absolute atomic E-state index is 0.242. The van der Waals surface area contributed by atoms with E-state index in [2.05, 4.69) is 35.3 Å². The average molecular weight is 270 g/mol. The number of furan rings is 1. The summed E-state index contributed by atoms with van der Waals surface area (Å²) in [6.07, 6.45) is 4.04. The Morgan fingerprint density at radius 3 is 2.85 bits per heavy atom. The molecule has 5 heteroatoms. The van der Waals surface area contributed by atoms with Gasteiger partial charge in [0.25, 0.3) is 0 Å². The lowest BCUT2D eigenvalue weighted by Crippen LogP contribution is -2.10. The number of anilines is 1. The zero-order valence-electron chi connectivity index (χ0n) is 11.9. The number of fused-ring (bicyclic) bond motifs is 1. The van der Waals surface area contributed by atoms with Crippen LogP contribution < -0.4 is 5.73 Å². The van der Waals surface area contributed by atoms with Gasteiger partial charge in [-0.2, -0.15) is 0 Å². The van der Waals surface area contributed by atoms with Crippen molar-refractivity contribution in [3.63, 3.8) is 0 Å². The molecule has 0 bridgehead atoms. The molecule has 104 valence electrons. The summed E-state index contributed by atoms with van der Waals surface area (Å²) < 4.78 is 7.65. The quantitative estimate of drug-likeness (QED) is 0.794. The van der Waals surface area contributed by atoms with Gasteiger partial charge in [0, 0.05) is 18.2 Å². The fraction of sp³-hybridized carbons (Fsp3) is 0.333. The molecule has 0 aliphatic heterocycles. The van der Waals surface area contributed by atoms with Gasteiger partial charge in [-0.05, 0) is 38.5 Å². The van der Waals surface area contributed by atoms with Gasteiger partial charge < -0.3 is 14.7 Å². The Hall–Kier alpha value is -2.30. The van der Waals surface area contributed by atoms with Crippen molar-refractivity contribution in [3.8, 4) is 0 Å². The maximum atomic E-state index is 5.99. The third kappa shape index (κ3) is 1.86. The molecule has 3 aromatic rings. The molecule has 3 aromatic heterocycles. The highest BCUT2D eigenvalue weighted by Gasteiger charge is 2.19. The summed E-state index contributed by atoms with van der Waals surface area (Å²) in [7, 11) is 0. The van der Waals surface area contributed by atoms with Crippen LogP contribution in [0.1, 0.15) is 30.0 Å². The molecular formula is C15H18N4O. The van der Waals surface area contributed by atoms with Crippen molar-refractivity contribution >= 4 is 16.9 Å². The van der Waals surface area contributed by atoms with Crippen LogP contribution in [0.25, 0.3) is 11.0 Å². The number of rotatable bonds is 3. The Morgan fingerprint density at radius 2 is 2.15 bits per heavy atom. The highest BCUT2D eigenvalue weighted by molar-refractivity contribution is 5.90. The summed E-state index contributed by atoms with van der Waals surface area (Å²) in [5.41, 5.74) is 9.20. The number of aromatic nitrogens is 3. The van der Waals surface area contributed by atoms with Crippen molar-refractivity contribution in [2.45, 2.75) is 33.2 Å². The first kappa shape index (κ1) is 12.7. The van der Waals surface area contributed by atoms with Gasteiger partial charge in [0.05, 0.1) is 11.6 Å². The van der Waals surface area contributed by atoms with E-state index in [0.29, 0.717) is 5.82 Å². The van der Waals surface area contributed by atoms with Gasteiger partial charge in [-0.3, -0.25) is 0 Å². The van der Waals surface area contributed by atoms with E-state index in [-0.39, 0.29) is 6.04 Å². The zero-order valence-corrected chi connectivity index (χ0v) is 11.9. The van der Waals surface area contributed by atoms with E-state index in [9.17, 15) is 0 Å². The molecule has 1 unspecified atom stereocenters. The van der Waals surface area contributed by atoms with E-state index < -0.39 is 0 Å². The van der Waals surface area contributed by atoms with Gasteiger partial charge >= 0.3 is 0 Å². The molecule has 2 N–H and O–H groups in total. The number of nitrogens with zero attached hydrogens (tertiary/aromatic N) is 3. The average Bonchev–Trinajstić information content (AvgIpc) is 2.99. The second-order valence-electron chi connectivity index (χ2n) is 5.17. The van der Waals surface area contributed by atoms with E-state index in [1.54, 1.807) is 6.26 Å². The van der Waals surface area contributed by atoms with Gasteiger partial charge in [0.1, 0.15) is 23.6 Å². The second kappa shape index (κ2) is 4.67. The number of aryl methyl sites for hydroxylation is 1. The molecule has 0 radical (unpaired) electrons. The summed E-state index contributed by atoms with van der Waals surface area (Å²) in [6.45, 7) is 6.31. The molecule has 20 heavy (non-hydrogen) atoms. The maximum Gasteiger partial charge on any atom is 0.146 e. The third-order valence-electron chi connectivity index (χ3n) is 3.88. The minimum Gasteiger partial charge on any atom is -0.469 e. The van der Waals surface area contributed by atoms with Crippen molar-refractivity contribution < 1.29 is 4.42 Å². The Labute approximate surface area is 117 Å². The summed E-state index contributed by atoms with van der Waals surface area (Å²) in [5.74, 6) is 1.51. The topological polar surface area (TPSA) is 69.9 Å². The normalized spacial score (nSPS) is 12.9. The highest BCUT2D eigenvalue weighted by Crippen LogP contribution is 2.30. The lowest BCUT2D eigenvalue weighted by Gasteiger charge is -2.16. The van der Waals surface area contributed by atoms with E-state index in [4.69, 9.17) is 10.2 Å². The van der Waals surface area contributed by atoms with Crippen LogP contribution in [0, 0.1) is 13.8 Å². The van der Waals surface area contributed by atoms with Gasteiger partial charge in [-0.25, -0.2) is 9.97 Å². The van der Waals surface area contributed by atoms with Crippen molar-refractivity contribution in [2.24, 2.45) is 0 Å². The number of hydrogen-bond acceptors (Lipinski definition) is 4. The molecule has 0 amide bonds. The monoisotopic (exact) mass is 270 g/mol. The maximum absolute atomic E-state index is 5.99. The third-order valence-corrected chi connectivity index (χ3v) is 3.88. The molecule has 0 aliphatic rings. The fourth-order valence-electron chi connectivity index (χ4n) is 2.80. The Kier molecular flexibility index (Phi) is 2.97. The van der Waals surface area contributed by atoms with Crippen molar-refractivity contribution in [2.75, 3.05) is 5.73 Å². The SMILES string of the molecule is Cc1c(C)n(C(C)Cc2ccco2)c2ncnc(N)c12. The Morgan fingerprint density at radius 1 is 1.35 bits per heavy atom. The van der Waals surface area contributed by atoms with Gasteiger partial charge in [-0.15, -0.1) is 0 Å². The lowest BCUT2D eigenvalue weighted by molar-refractivity contribution is 0.450. The number of nitrogens with two attached hydrogens (primary N) is 1. The van der Waals surface area contributed by atoms with Crippen molar-refractivity contribution in [1.82, 2.24) is 14.5 Å². The molecule has 0 spiro atoms. The predicted octanol–water partition coefficient (Wildman–Crippen LogP) is 3.03. The van der Waals surface area contributed by atoms with Crippen LogP contribution in [-0.2, 0) is 6.42 Å². The van der Waals surface area contributed by atoms with Gasteiger partial charge in [0.2, 0.25) is 0 Å². The van der Waals surface area contributed by atoms with Crippen LogP contribution >= 0.6 is 0 Å². The lowest BCUT2D eigenvalue weighted by atomic mass is 10.2. The summed E-state index contributed by atoms with van der Waals surface area (Å²) in [4.78, 5) is 8.51. The summed E-state index contributed by atoms with van der Waals surface area (Å²) in [5, 5.41) is 0.955. The minimum atomic E-state index is 0.242. The summed E-state index contributed by atoms with van der Waals surface area (Å²) >= 11 is 0. The molecule has 0 aromatic carbocycles. The fourth-order valence-corrected chi connectivity index (χ4v) is 2.80. The smallest absolute Gasteiger partial charge is 0.146 e. The van der Waals surface area contributed by atoms with E-state index >= 15 is 0 Å². The molecule has 0 saturated heterocycles. The van der Waals surface area contributed by atoms with Crippen LogP contribution in [0.2, 0.25) is 0 Å². The molecule has 5 nitrogen and oxygen atoms in total. The number of hydrogen-bond donors (Lipinski definition) is 1. The van der Waals surface area contributed by atoms with Crippen LogP contribution in [-0.4, -0.2) is 14.5 Å². The van der Waals surface area contributed by atoms with E-state index in [1.165, 1.54) is 12.0 Å². The second-order valence-corrected chi connectivity index (χ2v) is 5.17. The van der Waals surface area contributed by atoms with E-state index in [1.807, 2.05) is 12.1 Å². The van der Waals surface area contributed by atoms with Gasteiger partial charge in [-0.1, -0.05) is 0 Å². The van der Waals surface area contributed by atoms with Crippen molar-refractivity contribution in [1.29, 1.82) is 0 Å². The standard InChI is InChI=1S/C15H18N4O/c1-9(7-12-5-4-6-20-12)19-11(3)10(2)13-14(16)17-8-18-15(13)19/h4-6,8-9H,7H2,1-3H3,(H2,16,17,18). The highest BCUT2D eigenvalue weighted by atomic mass is 16.3. The summed E-state index contributed by atoms with van der Waals surface area (Å²) in [6, 6.07) is 4.15. The first-order valence-corrected chi connectivity index (χ1v) is 6.69. The largest absolute Gasteiger partial charge is 0.469 e. The van der Waals surface area contributed by atoms with Crippen LogP contribution in [0.5, 0.6) is 0 Å². The first-order valence-electron chi connectivity index (χ1n) is 6.69. The van der Waals surface area contributed by atoms with Crippen LogP contribution in [0.15, 0.2) is 29.1 Å². The Balaban J connectivity index is 2.11. The van der Waals surface area contributed by atoms with Crippen LogP contribution in [0.3, 0.4) is 0 Å². The van der Waals surface area contributed by atoms with E-state index in [0.717, 1.165) is 28.8 Å². The molecule has 1 atom stereocenters. The van der Waals surface area contributed by atoms with Crippen molar-refractivity contribution in [3.05, 3.63) is 41.7 Å². The molecule has 3 heterocycles. The molecule has 0 fully saturated rings. The zero-order chi connectivity index (χ0) is 14.3. The van der Waals surface area contributed by atoms with Crippen LogP contribution in [0.4, 0.5) is 5.82 Å². The molecule has 0 aliphatic carbocycles. The Bertz CT molecular complexity index is 743. The molecule has 0 saturated carbocycles. The first-order chi connectivity index (χ1) is 9.59. The molecule has 3 rings (SSSR count).